The Hall–Kier alpha value is -1.98. The molecule has 16 heavy (non-hydrogen) atoms. The number of carbonyl (C=O) groups is 2. The Morgan fingerprint density at radius 2 is 2.00 bits per heavy atom. The van der Waals surface area contributed by atoms with E-state index in [-0.39, 0.29) is 5.56 Å². The molecule has 0 aromatic heterocycles. The zero-order chi connectivity index (χ0) is 12.1. The topological polar surface area (TPSA) is 55.4 Å². The van der Waals surface area contributed by atoms with Gasteiger partial charge in [0.05, 0.1) is 5.56 Å². The highest BCUT2D eigenvalue weighted by Crippen LogP contribution is 2.09. The number of hydrogen-bond acceptors (Lipinski definition) is 3. The third-order valence-electron chi connectivity index (χ3n) is 1.77. The lowest BCUT2D eigenvalue weighted by atomic mass is 10.2. The SMILES string of the molecule is CNC(=O)COC(=O)c1ccc(F)c(F)c1. The number of benzene rings is 1. The maximum Gasteiger partial charge on any atom is 0.338 e. The standard InChI is InChI=1S/C10H9F2NO3/c1-13-9(14)5-16-10(15)6-2-3-7(11)8(12)4-6/h2-4H,5H2,1H3,(H,13,14). The lowest BCUT2D eigenvalue weighted by Gasteiger charge is -2.03. The summed E-state index contributed by atoms with van der Waals surface area (Å²) in [6, 6.07) is 2.60. The van der Waals surface area contributed by atoms with Gasteiger partial charge in [0.1, 0.15) is 0 Å². The first-order chi connectivity index (χ1) is 7.54. The Labute approximate surface area is 90.2 Å². The Bertz CT molecular complexity index is 421. The molecule has 0 saturated carbocycles. The molecule has 1 aromatic rings. The van der Waals surface area contributed by atoms with Gasteiger partial charge in [0.2, 0.25) is 0 Å². The Morgan fingerprint density at radius 3 is 2.56 bits per heavy atom. The van der Waals surface area contributed by atoms with E-state index in [1.807, 2.05) is 0 Å². The van der Waals surface area contributed by atoms with E-state index in [1.165, 1.54) is 7.05 Å². The fraction of sp³-hybridized carbons (Fsp3) is 0.200. The van der Waals surface area contributed by atoms with Gasteiger partial charge in [-0.2, -0.15) is 0 Å². The molecule has 0 aliphatic rings. The van der Waals surface area contributed by atoms with E-state index < -0.39 is 30.1 Å². The molecule has 6 heteroatoms. The third-order valence-corrected chi connectivity index (χ3v) is 1.77. The van der Waals surface area contributed by atoms with Gasteiger partial charge in [-0.15, -0.1) is 0 Å². The van der Waals surface area contributed by atoms with Gasteiger partial charge in [0, 0.05) is 7.05 Å². The molecule has 0 fully saturated rings. The van der Waals surface area contributed by atoms with Crippen molar-refractivity contribution in [2.24, 2.45) is 0 Å². The van der Waals surface area contributed by atoms with Crippen molar-refractivity contribution in [1.29, 1.82) is 0 Å². The van der Waals surface area contributed by atoms with Crippen LogP contribution in [0.4, 0.5) is 8.78 Å². The molecule has 1 amide bonds. The fourth-order valence-corrected chi connectivity index (χ4v) is 0.910. The Balaban J connectivity index is 2.66. The van der Waals surface area contributed by atoms with E-state index in [1.54, 1.807) is 0 Å². The van der Waals surface area contributed by atoms with Crippen molar-refractivity contribution in [3.05, 3.63) is 35.4 Å². The van der Waals surface area contributed by atoms with Crippen LogP contribution in [0.1, 0.15) is 10.4 Å². The zero-order valence-electron chi connectivity index (χ0n) is 8.42. The summed E-state index contributed by atoms with van der Waals surface area (Å²) in [5.74, 6) is -3.57. The first kappa shape index (κ1) is 12.1. The molecule has 0 aliphatic heterocycles. The molecule has 4 nitrogen and oxygen atoms in total. The summed E-state index contributed by atoms with van der Waals surface area (Å²) in [5, 5.41) is 2.24. The van der Waals surface area contributed by atoms with Crippen LogP contribution in [0.2, 0.25) is 0 Å². The van der Waals surface area contributed by atoms with Gasteiger partial charge < -0.3 is 10.1 Å². The zero-order valence-corrected chi connectivity index (χ0v) is 8.42. The van der Waals surface area contributed by atoms with Crippen LogP contribution in [0.15, 0.2) is 18.2 Å². The minimum absolute atomic E-state index is 0.150. The molecule has 0 bridgehead atoms. The second-order valence-corrected chi connectivity index (χ2v) is 2.88. The summed E-state index contributed by atoms with van der Waals surface area (Å²) in [7, 11) is 1.38. The van der Waals surface area contributed by atoms with Crippen molar-refractivity contribution in [1.82, 2.24) is 5.32 Å². The summed E-state index contributed by atoms with van der Waals surface area (Å²) in [5.41, 5.74) is -0.150. The maximum absolute atomic E-state index is 12.7. The van der Waals surface area contributed by atoms with E-state index in [0.717, 1.165) is 12.1 Å². The fourth-order valence-electron chi connectivity index (χ4n) is 0.910. The summed E-state index contributed by atoms with van der Waals surface area (Å²) in [6.07, 6.45) is 0. The summed E-state index contributed by atoms with van der Waals surface area (Å²) in [6.45, 7) is -0.464. The molecular formula is C10H9F2NO3. The number of esters is 1. The molecule has 0 atom stereocenters. The number of hydrogen-bond donors (Lipinski definition) is 1. The van der Waals surface area contributed by atoms with Crippen LogP contribution < -0.4 is 5.32 Å². The molecule has 0 radical (unpaired) electrons. The van der Waals surface area contributed by atoms with E-state index >= 15 is 0 Å². The monoisotopic (exact) mass is 229 g/mol. The summed E-state index contributed by atoms with van der Waals surface area (Å²) >= 11 is 0. The number of rotatable bonds is 3. The quantitative estimate of drug-likeness (QED) is 0.782. The number of halogens is 2. The van der Waals surface area contributed by atoms with Crippen LogP contribution in [0.3, 0.4) is 0 Å². The highest BCUT2D eigenvalue weighted by atomic mass is 19.2. The number of nitrogens with one attached hydrogen (secondary N) is 1. The van der Waals surface area contributed by atoms with Crippen LogP contribution in [0, 0.1) is 11.6 Å². The highest BCUT2D eigenvalue weighted by Gasteiger charge is 2.12. The maximum atomic E-state index is 12.7. The predicted octanol–water partition coefficient (Wildman–Crippen LogP) is 0.868. The Morgan fingerprint density at radius 1 is 1.31 bits per heavy atom. The van der Waals surface area contributed by atoms with Crippen molar-refractivity contribution in [2.45, 2.75) is 0 Å². The summed E-state index contributed by atoms with van der Waals surface area (Å²) < 4.78 is 29.8. The molecule has 1 aromatic carbocycles. The van der Waals surface area contributed by atoms with Crippen molar-refractivity contribution >= 4 is 11.9 Å². The smallest absolute Gasteiger partial charge is 0.338 e. The van der Waals surface area contributed by atoms with Gasteiger partial charge in [-0.3, -0.25) is 4.79 Å². The number of likely N-dealkylation sites (N-methyl/N-ethyl adjacent to an activating group) is 1. The average molecular weight is 229 g/mol. The second-order valence-electron chi connectivity index (χ2n) is 2.88. The van der Waals surface area contributed by atoms with Crippen LogP contribution in [0.5, 0.6) is 0 Å². The normalized spacial score (nSPS) is 9.69. The second kappa shape index (κ2) is 5.20. The number of ether oxygens (including phenoxy) is 1. The van der Waals surface area contributed by atoms with Crippen molar-refractivity contribution in [3.63, 3.8) is 0 Å². The average Bonchev–Trinajstić information content (AvgIpc) is 2.29. The first-order valence-electron chi connectivity index (χ1n) is 4.37. The van der Waals surface area contributed by atoms with Gasteiger partial charge in [0.15, 0.2) is 18.2 Å². The van der Waals surface area contributed by atoms with Crippen molar-refractivity contribution < 1.29 is 23.1 Å². The molecular weight excluding hydrogens is 220 g/mol. The lowest BCUT2D eigenvalue weighted by Crippen LogP contribution is -2.25. The first-order valence-corrected chi connectivity index (χ1v) is 4.37. The molecule has 1 rings (SSSR count). The number of amides is 1. The van der Waals surface area contributed by atoms with Gasteiger partial charge in [-0.05, 0) is 18.2 Å². The van der Waals surface area contributed by atoms with Crippen molar-refractivity contribution in [3.8, 4) is 0 Å². The van der Waals surface area contributed by atoms with Crippen LogP contribution >= 0.6 is 0 Å². The molecule has 0 spiro atoms. The molecule has 1 N–H and O–H groups in total. The molecule has 0 heterocycles. The minimum atomic E-state index is -1.14. The van der Waals surface area contributed by atoms with E-state index in [9.17, 15) is 18.4 Å². The lowest BCUT2D eigenvalue weighted by molar-refractivity contribution is -0.123. The molecule has 86 valence electrons. The van der Waals surface area contributed by atoms with Crippen LogP contribution in [-0.2, 0) is 9.53 Å². The summed E-state index contributed by atoms with van der Waals surface area (Å²) in [4.78, 5) is 22.0. The van der Waals surface area contributed by atoms with Crippen LogP contribution in [-0.4, -0.2) is 25.5 Å². The molecule has 0 aliphatic carbocycles. The van der Waals surface area contributed by atoms with Gasteiger partial charge in [0.25, 0.3) is 5.91 Å². The van der Waals surface area contributed by atoms with E-state index in [0.29, 0.717) is 6.07 Å². The Kier molecular flexibility index (Phi) is 3.93. The predicted molar refractivity (Wildman–Crippen MR) is 50.7 cm³/mol. The highest BCUT2D eigenvalue weighted by molar-refractivity contribution is 5.91. The van der Waals surface area contributed by atoms with E-state index in [4.69, 9.17) is 0 Å². The minimum Gasteiger partial charge on any atom is -0.452 e. The van der Waals surface area contributed by atoms with Crippen LogP contribution in [0.25, 0.3) is 0 Å². The van der Waals surface area contributed by atoms with Crippen molar-refractivity contribution in [2.75, 3.05) is 13.7 Å². The van der Waals surface area contributed by atoms with Gasteiger partial charge >= 0.3 is 5.97 Å². The van der Waals surface area contributed by atoms with E-state index in [2.05, 4.69) is 10.1 Å². The van der Waals surface area contributed by atoms with Gasteiger partial charge in [-0.1, -0.05) is 0 Å². The molecule has 0 unspecified atom stereocenters. The largest absolute Gasteiger partial charge is 0.452 e. The third kappa shape index (κ3) is 3.01. The molecule has 0 saturated heterocycles. The van der Waals surface area contributed by atoms with Gasteiger partial charge in [-0.25, -0.2) is 13.6 Å². The number of carbonyl (C=O) groups excluding carboxylic acids is 2.